The van der Waals surface area contributed by atoms with Crippen molar-refractivity contribution >= 4 is 27.4 Å². The molecule has 2 N–H and O–H groups in total. The molecule has 2 rings (SSSR count). The van der Waals surface area contributed by atoms with Crippen LogP contribution >= 0.6 is 0 Å². The van der Waals surface area contributed by atoms with Gasteiger partial charge in [0.05, 0.1) is 11.9 Å². The molecule has 0 aliphatic carbocycles. The second-order valence-electron chi connectivity index (χ2n) is 5.03. The highest BCUT2D eigenvalue weighted by Gasteiger charge is 2.10. The Hall–Kier alpha value is -2.68. The zero-order valence-corrected chi connectivity index (χ0v) is 13.6. The third kappa shape index (κ3) is 4.39. The summed E-state index contributed by atoms with van der Waals surface area (Å²) >= 11 is 0. The Bertz CT molecular complexity index is 919. The summed E-state index contributed by atoms with van der Waals surface area (Å²) in [6.07, 6.45) is 2.56. The molecule has 0 saturated heterocycles. The number of anilines is 2. The van der Waals surface area contributed by atoms with Crippen LogP contribution in [0.15, 0.2) is 35.3 Å². The standard InChI is InChI=1S/C14H16N4O4S/c1-9(19)15-13-14(20)18(2)8-12(16-13)10-5-4-6-11(7-10)17-23(3,21)22/h4-8,17H,1-3H3,(H,15,16,19). The molecule has 1 aromatic carbocycles. The first-order valence-corrected chi connectivity index (χ1v) is 8.48. The number of amides is 1. The largest absolute Gasteiger partial charge is 0.313 e. The van der Waals surface area contributed by atoms with Crippen LogP contribution in [0.25, 0.3) is 11.3 Å². The first-order chi connectivity index (χ1) is 10.7. The summed E-state index contributed by atoms with van der Waals surface area (Å²) in [7, 11) is -1.86. The van der Waals surface area contributed by atoms with Gasteiger partial charge < -0.3 is 9.88 Å². The van der Waals surface area contributed by atoms with Gasteiger partial charge >= 0.3 is 0 Å². The maximum Gasteiger partial charge on any atom is 0.293 e. The zero-order chi connectivity index (χ0) is 17.2. The quantitative estimate of drug-likeness (QED) is 0.857. The fourth-order valence-corrected chi connectivity index (χ4v) is 2.50. The van der Waals surface area contributed by atoms with E-state index in [1.807, 2.05) is 0 Å². The van der Waals surface area contributed by atoms with Crippen LogP contribution in [0.5, 0.6) is 0 Å². The minimum atomic E-state index is -3.40. The number of hydrogen-bond donors (Lipinski definition) is 2. The van der Waals surface area contributed by atoms with Crippen molar-refractivity contribution in [2.75, 3.05) is 16.3 Å². The molecule has 0 unspecified atom stereocenters. The predicted molar refractivity (Wildman–Crippen MR) is 87.7 cm³/mol. The van der Waals surface area contributed by atoms with Crippen LogP contribution in [0.3, 0.4) is 0 Å². The summed E-state index contributed by atoms with van der Waals surface area (Å²) in [5.41, 5.74) is 0.963. The van der Waals surface area contributed by atoms with Gasteiger partial charge in [-0.1, -0.05) is 12.1 Å². The lowest BCUT2D eigenvalue weighted by atomic mass is 10.1. The molecule has 0 saturated carbocycles. The molecule has 1 heterocycles. The van der Waals surface area contributed by atoms with Crippen LogP contribution in [0.2, 0.25) is 0 Å². The molecule has 0 aliphatic heterocycles. The van der Waals surface area contributed by atoms with E-state index in [-0.39, 0.29) is 5.82 Å². The highest BCUT2D eigenvalue weighted by Crippen LogP contribution is 2.21. The number of benzene rings is 1. The van der Waals surface area contributed by atoms with Gasteiger partial charge in [0.2, 0.25) is 15.9 Å². The Morgan fingerprint density at radius 1 is 1.30 bits per heavy atom. The fraction of sp³-hybridized carbons (Fsp3) is 0.214. The second-order valence-corrected chi connectivity index (χ2v) is 6.78. The van der Waals surface area contributed by atoms with Crippen LogP contribution < -0.4 is 15.6 Å². The average Bonchev–Trinajstić information content (AvgIpc) is 2.41. The van der Waals surface area contributed by atoms with E-state index in [2.05, 4.69) is 15.0 Å². The van der Waals surface area contributed by atoms with Crippen LogP contribution in [-0.2, 0) is 21.9 Å². The van der Waals surface area contributed by atoms with Crippen LogP contribution in [0.4, 0.5) is 11.5 Å². The number of hydrogen-bond acceptors (Lipinski definition) is 5. The maximum atomic E-state index is 11.9. The minimum Gasteiger partial charge on any atom is -0.313 e. The van der Waals surface area contributed by atoms with Crippen LogP contribution in [0, 0.1) is 0 Å². The summed E-state index contributed by atoms with van der Waals surface area (Å²) in [6, 6.07) is 6.57. The Labute approximate surface area is 133 Å². The van der Waals surface area contributed by atoms with Crippen molar-refractivity contribution in [3.63, 3.8) is 0 Å². The molecule has 0 spiro atoms. The van der Waals surface area contributed by atoms with Crippen LogP contribution in [0.1, 0.15) is 6.92 Å². The molecule has 2 aromatic rings. The van der Waals surface area contributed by atoms with Gasteiger partial charge in [-0.3, -0.25) is 14.3 Å². The fourth-order valence-electron chi connectivity index (χ4n) is 1.95. The number of aryl methyl sites for hydroxylation is 1. The number of sulfonamides is 1. The van der Waals surface area contributed by atoms with E-state index in [1.54, 1.807) is 24.3 Å². The van der Waals surface area contributed by atoms with Crippen LogP contribution in [-0.4, -0.2) is 30.1 Å². The van der Waals surface area contributed by atoms with Gasteiger partial charge in [-0.15, -0.1) is 0 Å². The molecule has 0 aliphatic rings. The van der Waals surface area contributed by atoms with E-state index >= 15 is 0 Å². The molecule has 122 valence electrons. The predicted octanol–water partition coefficient (Wildman–Crippen LogP) is 0.777. The van der Waals surface area contributed by atoms with Gasteiger partial charge in [0.25, 0.3) is 5.56 Å². The molecule has 23 heavy (non-hydrogen) atoms. The topological polar surface area (TPSA) is 110 Å². The van der Waals surface area contributed by atoms with Crippen molar-refractivity contribution in [3.8, 4) is 11.3 Å². The Kier molecular flexibility index (Phi) is 4.50. The Morgan fingerprint density at radius 3 is 2.61 bits per heavy atom. The van der Waals surface area contributed by atoms with Gasteiger partial charge in [-0.05, 0) is 12.1 Å². The number of aromatic nitrogens is 2. The Balaban J connectivity index is 2.50. The molecule has 0 atom stereocenters. The highest BCUT2D eigenvalue weighted by atomic mass is 32.2. The van der Waals surface area contributed by atoms with Crippen molar-refractivity contribution < 1.29 is 13.2 Å². The molecular weight excluding hydrogens is 320 g/mol. The first-order valence-electron chi connectivity index (χ1n) is 6.59. The van der Waals surface area contributed by atoms with E-state index in [0.29, 0.717) is 16.9 Å². The first kappa shape index (κ1) is 16.7. The molecule has 9 heteroatoms. The number of carbonyl (C=O) groups is 1. The third-order valence-corrected chi connectivity index (χ3v) is 3.43. The molecule has 8 nitrogen and oxygen atoms in total. The summed E-state index contributed by atoms with van der Waals surface area (Å²) in [5, 5.41) is 2.38. The lowest BCUT2D eigenvalue weighted by Gasteiger charge is -2.09. The van der Waals surface area contributed by atoms with Gasteiger partial charge in [0, 0.05) is 31.4 Å². The molecule has 0 fully saturated rings. The number of carbonyl (C=O) groups excluding carboxylic acids is 1. The van der Waals surface area contributed by atoms with Crippen molar-refractivity contribution in [3.05, 3.63) is 40.8 Å². The Morgan fingerprint density at radius 2 is 2.00 bits per heavy atom. The second kappa shape index (κ2) is 6.21. The average molecular weight is 336 g/mol. The molecular formula is C14H16N4O4S. The summed E-state index contributed by atoms with van der Waals surface area (Å²) in [6.45, 7) is 1.28. The van der Waals surface area contributed by atoms with Crippen molar-refractivity contribution in [2.24, 2.45) is 7.05 Å². The van der Waals surface area contributed by atoms with E-state index in [4.69, 9.17) is 0 Å². The summed E-state index contributed by atoms with van der Waals surface area (Å²) < 4.78 is 26.3. The minimum absolute atomic E-state index is 0.0843. The number of nitrogens with one attached hydrogen (secondary N) is 2. The number of nitrogens with zero attached hydrogens (tertiary/aromatic N) is 2. The smallest absolute Gasteiger partial charge is 0.293 e. The number of rotatable bonds is 4. The molecule has 1 aromatic heterocycles. The van der Waals surface area contributed by atoms with E-state index in [0.717, 1.165) is 6.26 Å². The monoisotopic (exact) mass is 336 g/mol. The third-order valence-electron chi connectivity index (χ3n) is 2.83. The van der Waals surface area contributed by atoms with E-state index in [1.165, 1.54) is 24.7 Å². The zero-order valence-electron chi connectivity index (χ0n) is 12.8. The maximum absolute atomic E-state index is 11.9. The summed E-state index contributed by atoms with van der Waals surface area (Å²) in [4.78, 5) is 27.2. The summed E-state index contributed by atoms with van der Waals surface area (Å²) in [5.74, 6) is -0.488. The van der Waals surface area contributed by atoms with E-state index in [9.17, 15) is 18.0 Å². The van der Waals surface area contributed by atoms with Gasteiger partial charge in [-0.25, -0.2) is 13.4 Å². The lowest BCUT2D eigenvalue weighted by molar-refractivity contribution is -0.114. The molecule has 0 bridgehead atoms. The van der Waals surface area contributed by atoms with Crippen molar-refractivity contribution in [1.82, 2.24) is 9.55 Å². The molecule has 0 radical (unpaired) electrons. The van der Waals surface area contributed by atoms with Crippen molar-refractivity contribution in [1.29, 1.82) is 0 Å². The molecule has 1 amide bonds. The van der Waals surface area contributed by atoms with E-state index < -0.39 is 21.5 Å². The SMILES string of the molecule is CC(=O)Nc1nc(-c2cccc(NS(C)(=O)=O)c2)cn(C)c1=O. The van der Waals surface area contributed by atoms with Gasteiger partial charge in [0.15, 0.2) is 5.82 Å². The highest BCUT2D eigenvalue weighted by molar-refractivity contribution is 7.92. The van der Waals surface area contributed by atoms with Gasteiger partial charge in [-0.2, -0.15) is 0 Å². The van der Waals surface area contributed by atoms with Gasteiger partial charge in [0.1, 0.15) is 0 Å². The lowest BCUT2D eigenvalue weighted by Crippen LogP contribution is -2.24. The normalized spacial score (nSPS) is 11.1. The van der Waals surface area contributed by atoms with Crippen molar-refractivity contribution in [2.45, 2.75) is 6.92 Å².